The third-order valence-electron chi connectivity index (χ3n) is 4.43. The fraction of sp³-hybridized carbons (Fsp3) is 0.0952. The summed E-state index contributed by atoms with van der Waals surface area (Å²) in [4.78, 5) is 24.7. The molecule has 0 aliphatic carbocycles. The first kappa shape index (κ1) is 24.8. The minimum Gasteiger partial charge on any atom is -0.331 e. The van der Waals surface area contributed by atoms with E-state index in [1.54, 1.807) is 25.1 Å². The van der Waals surface area contributed by atoms with Crippen LogP contribution in [0.4, 0.5) is 11.6 Å². The lowest BCUT2D eigenvalue weighted by atomic mass is 10.3. The molecule has 4 aromatic rings. The van der Waals surface area contributed by atoms with Crippen molar-refractivity contribution >= 4 is 78.2 Å². The van der Waals surface area contributed by atoms with Gasteiger partial charge in [-0.25, -0.2) is 28.1 Å². The number of thioether (sulfide) groups is 1. The highest BCUT2D eigenvalue weighted by Crippen LogP contribution is 2.31. The number of carbonyl (C=O) groups excluding carboxylic acids is 1. The molecule has 4 rings (SSSR count). The van der Waals surface area contributed by atoms with Crippen LogP contribution in [-0.4, -0.2) is 39.6 Å². The number of amides is 1. The van der Waals surface area contributed by atoms with Crippen LogP contribution in [-0.2, 0) is 14.8 Å². The van der Waals surface area contributed by atoms with Crippen LogP contribution in [0.15, 0.2) is 76.2 Å². The first-order valence-electron chi connectivity index (χ1n) is 10.1. The monoisotopic (exact) mass is 545 g/mol. The Morgan fingerprint density at radius 3 is 2.46 bits per heavy atom. The summed E-state index contributed by atoms with van der Waals surface area (Å²) in [5, 5.41) is 2.62. The maximum atomic E-state index is 12.5. The summed E-state index contributed by atoms with van der Waals surface area (Å²) in [5.41, 5.74) is 6.64. The molecule has 0 aliphatic heterocycles. The number of anilines is 2. The molecule has 0 unspecified atom stereocenters. The van der Waals surface area contributed by atoms with E-state index in [9.17, 15) is 13.2 Å². The molecule has 2 aromatic heterocycles. The third kappa shape index (κ3) is 6.63. The van der Waals surface area contributed by atoms with E-state index in [-0.39, 0.29) is 21.9 Å². The summed E-state index contributed by atoms with van der Waals surface area (Å²) in [6.07, 6.45) is 2.87. The number of hydrazine groups is 1. The van der Waals surface area contributed by atoms with Crippen LogP contribution in [0, 0.1) is 0 Å². The van der Waals surface area contributed by atoms with E-state index in [2.05, 4.69) is 35.8 Å². The average Bonchev–Trinajstić information content (AvgIpc) is 3.25. The van der Waals surface area contributed by atoms with Crippen molar-refractivity contribution in [2.45, 2.75) is 21.4 Å². The van der Waals surface area contributed by atoms with Crippen LogP contribution in [0.1, 0.15) is 6.92 Å². The number of hydrogen-bond donors (Lipinski definition) is 4. The standard InChI is InChI=1S/C21H19N7O3S4/c1-13(33-21-25-16-5-2-3-6-17(16)34-21)18(29)26-27-20(32)24-14-7-9-15(10-8-14)35(30,31)28-19-22-11-4-12-23-19/h2-13H,1H3,(H,26,29)(H,22,23,28)(H2,24,27,32)/t13-/m0/s1. The Balaban J connectivity index is 1.26. The third-order valence-corrected chi connectivity index (χ3v) is 8.21. The molecule has 0 radical (unpaired) electrons. The molecule has 0 bridgehead atoms. The van der Waals surface area contributed by atoms with Crippen LogP contribution >= 0.6 is 35.3 Å². The number of hydrogen-bond acceptors (Lipinski definition) is 9. The molecular formula is C21H19N7O3S4. The zero-order chi connectivity index (χ0) is 24.8. The lowest BCUT2D eigenvalue weighted by Crippen LogP contribution is -2.46. The van der Waals surface area contributed by atoms with Gasteiger partial charge in [0.15, 0.2) is 9.45 Å². The fourth-order valence-electron chi connectivity index (χ4n) is 2.74. The lowest BCUT2D eigenvalue weighted by molar-refractivity contribution is -0.120. The van der Waals surface area contributed by atoms with E-state index in [0.717, 1.165) is 14.6 Å². The van der Waals surface area contributed by atoms with E-state index in [1.807, 2.05) is 24.3 Å². The van der Waals surface area contributed by atoms with Crippen LogP contribution in [0.25, 0.3) is 10.2 Å². The van der Waals surface area contributed by atoms with Gasteiger partial charge < -0.3 is 5.32 Å². The largest absolute Gasteiger partial charge is 0.331 e. The molecule has 0 fully saturated rings. The van der Waals surface area contributed by atoms with E-state index < -0.39 is 15.3 Å². The van der Waals surface area contributed by atoms with Crippen LogP contribution in [0.5, 0.6) is 0 Å². The zero-order valence-electron chi connectivity index (χ0n) is 18.1. The first-order valence-corrected chi connectivity index (χ1v) is 13.7. The molecule has 0 saturated heterocycles. The predicted octanol–water partition coefficient (Wildman–Crippen LogP) is 3.39. The Labute approximate surface area is 215 Å². The fourth-order valence-corrected chi connectivity index (χ4v) is 6.08. The van der Waals surface area contributed by atoms with Crippen LogP contribution in [0.2, 0.25) is 0 Å². The topological polar surface area (TPSA) is 138 Å². The second-order valence-electron chi connectivity index (χ2n) is 6.98. The number of aromatic nitrogens is 3. The van der Waals surface area contributed by atoms with Crippen molar-refractivity contribution in [1.29, 1.82) is 0 Å². The van der Waals surface area contributed by atoms with Gasteiger partial charge in [-0.15, -0.1) is 11.3 Å². The van der Waals surface area contributed by atoms with Crippen LogP contribution < -0.4 is 20.9 Å². The number of thiocarbonyl (C=S) groups is 1. The summed E-state index contributed by atoms with van der Waals surface area (Å²) in [6.45, 7) is 1.78. The van der Waals surface area contributed by atoms with Crippen molar-refractivity contribution in [3.8, 4) is 0 Å². The predicted molar refractivity (Wildman–Crippen MR) is 142 cm³/mol. The van der Waals surface area contributed by atoms with E-state index in [4.69, 9.17) is 12.2 Å². The van der Waals surface area contributed by atoms with Gasteiger partial charge in [0.2, 0.25) is 5.95 Å². The number of para-hydroxylation sites is 1. The average molecular weight is 546 g/mol. The Morgan fingerprint density at radius 1 is 1.03 bits per heavy atom. The van der Waals surface area contributed by atoms with Gasteiger partial charge in [0, 0.05) is 18.1 Å². The SMILES string of the molecule is C[C@H](Sc1nc2ccccc2s1)C(=O)NNC(=S)Nc1ccc(S(=O)(=O)Nc2ncccn2)cc1. The summed E-state index contributed by atoms with van der Waals surface area (Å²) in [6, 6.07) is 15.3. The normalized spacial score (nSPS) is 12.0. The first-order chi connectivity index (χ1) is 16.8. The minimum atomic E-state index is -3.84. The Kier molecular flexibility index (Phi) is 7.75. The van der Waals surface area contributed by atoms with Gasteiger partial charge in [0.1, 0.15) is 0 Å². The number of thiazole rings is 1. The highest BCUT2D eigenvalue weighted by molar-refractivity contribution is 8.02. The molecule has 1 amide bonds. The van der Waals surface area contributed by atoms with Crippen molar-refractivity contribution in [2.75, 3.05) is 10.0 Å². The second kappa shape index (κ2) is 10.9. The molecule has 1 atom stereocenters. The highest BCUT2D eigenvalue weighted by Gasteiger charge is 2.18. The molecule has 35 heavy (non-hydrogen) atoms. The number of carbonyl (C=O) groups is 1. The second-order valence-corrected chi connectivity index (χ2v) is 11.7. The molecule has 2 heterocycles. The van der Waals surface area contributed by atoms with E-state index in [1.165, 1.54) is 47.6 Å². The van der Waals surface area contributed by atoms with Crippen molar-refractivity contribution in [3.63, 3.8) is 0 Å². The summed E-state index contributed by atoms with van der Waals surface area (Å²) >= 11 is 8.09. The van der Waals surface area contributed by atoms with Gasteiger partial charge in [0.25, 0.3) is 15.9 Å². The quantitative estimate of drug-likeness (QED) is 0.155. The summed E-state index contributed by atoms with van der Waals surface area (Å²) < 4.78 is 29.1. The molecule has 0 saturated carbocycles. The highest BCUT2D eigenvalue weighted by atomic mass is 32.2. The number of nitrogens with one attached hydrogen (secondary N) is 4. The maximum Gasteiger partial charge on any atom is 0.264 e. The van der Waals surface area contributed by atoms with Gasteiger partial charge >= 0.3 is 0 Å². The minimum absolute atomic E-state index is 0.0219. The van der Waals surface area contributed by atoms with Crippen molar-refractivity contribution in [2.24, 2.45) is 0 Å². The van der Waals surface area contributed by atoms with E-state index in [0.29, 0.717) is 5.69 Å². The van der Waals surface area contributed by atoms with Crippen molar-refractivity contribution in [3.05, 3.63) is 67.0 Å². The molecule has 4 N–H and O–H groups in total. The Hall–Kier alpha value is -3.33. The molecule has 10 nitrogen and oxygen atoms in total. The molecule has 0 spiro atoms. The Morgan fingerprint density at radius 2 is 1.74 bits per heavy atom. The number of fused-ring (bicyclic) bond motifs is 1. The molecular weight excluding hydrogens is 527 g/mol. The number of benzene rings is 2. The van der Waals surface area contributed by atoms with Crippen molar-refractivity contribution < 1.29 is 13.2 Å². The number of rotatable bonds is 7. The van der Waals surface area contributed by atoms with Gasteiger partial charge in [-0.2, -0.15) is 0 Å². The maximum absolute atomic E-state index is 12.5. The molecule has 180 valence electrons. The molecule has 14 heteroatoms. The van der Waals surface area contributed by atoms with Gasteiger partial charge in [0.05, 0.1) is 20.4 Å². The van der Waals surface area contributed by atoms with Gasteiger partial charge in [-0.3, -0.25) is 15.6 Å². The molecule has 0 aliphatic rings. The van der Waals surface area contributed by atoms with Gasteiger partial charge in [-0.1, -0.05) is 23.9 Å². The summed E-state index contributed by atoms with van der Waals surface area (Å²) in [5.74, 6) is -0.291. The summed E-state index contributed by atoms with van der Waals surface area (Å²) in [7, 11) is -3.84. The Bertz CT molecular complexity index is 1410. The smallest absolute Gasteiger partial charge is 0.264 e. The van der Waals surface area contributed by atoms with Crippen molar-refractivity contribution in [1.82, 2.24) is 25.8 Å². The zero-order valence-corrected chi connectivity index (χ0v) is 21.4. The number of nitrogens with zero attached hydrogens (tertiary/aromatic N) is 3. The lowest BCUT2D eigenvalue weighted by Gasteiger charge is -2.14. The molecule has 2 aromatic carbocycles. The van der Waals surface area contributed by atoms with E-state index >= 15 is 0 Å². The number of sulfonamides is 1. The van der Waals surface area contributed by atoms with Gasteiger partial charge in [-0.05, 0) is 61.6 Å². The van der Waals surface area contributed by atoms with Crippen LogP contribution in [0.3, 0.4) is 0 Å².